The SMILES string of the molecule is C=C(C)C1CC(NC(=O)C=Cc2ccccc2)=C(C(C)=O)C1. The van der Waals surface area contributed by atoms with Crippen LogP contribution in [0.5, 0.6) is 0 Å². The quantitative estimate of drug-likeness (QED) is 0.666. The van der Waals surface area contributed by atoms with Crippen molar-refractivity contribution in [1.82, 2.24) is 5.32 Å². The van der Waals surface area contributed by atoms with E-state index in [9.17, 15) is 9.59 Å². The molecular formula is C19H21NO2. The number of amides is 1. The van der Waals surface area contributed by atoms with Gasteiger partial charge in [0.1, 0.15) is 0 Å². The Kier molecular flexibility index (Phi) is 5.10. The first kappa shape index (κ1) is 16.0. The highest BCUT2D eigenvalue weighted by Gasteiger charge is 2.27. The van der Waals surface area contributed by atoms with E-state index in [-0.39, 0.29) is 17.6 Å². The molecule has 1 amide bonds. The van der Waals surface area contributed by atoms with Crippen LogP contribution < -0.4 is 5.32 Å². The van der Waals surface area contributed by atoms with E-state index in [1.807, 2.05) is 37.3 Å². The van der Waals surface area contributed by atoms with Crippen LogP contribution in [0.3, 0.4) is 0 Å². The van der Waals surface area contributed by atoms with Gasteiger partial charge in [0.25, 0.3) is 0 Å². The Morgan fingerprint density at radius 3 is 2.45 bits per heavy atom. The lowest BCUT2D eigenvalue weighted by Crippen LogP contribution is -2.21. The molecule has 114 valence electrons. The summed E-state index contributed by atoms with van der Waals surface area (Å²) in [4.78, 5) is 23.8. The first-order valence-electron chi connectivity index (χ1n) is 7.40. The fourth-order valence-electron chi connectivity index (χ4n) is 2.57. The lowest BCUT2D eigenvalue weighted by molar-refractivity contribution is -0.115. The predicted octanol–water partition coefficient (Wildman–Crippen LogP) is 3.65. The van der Waals surface area contributed by atoms with E-state index in [0.29, 0.717) is 12.8 Å². The van der Waals surface area contributed by atoms with Crippen LogP contribution >= 0.6 is 0 Å². The molecule has 1 aliphatic rings. The van der Waals surface area contributed by atoms with Crippen LogP contribution in [-0.4, -0.2) is 11.7 Å². The molecule has 22 heavy (non-hydrogen) atoms. The number of hydrogen-bond acceptors (Lipinski definition) is 2. The second-order valence-corrected chi connectivity index (χ2v) is 5.70. The summed E-state index contributed by atoms with van der Waals surface area (Å²) in [6, 6.07) is 9.62. The summed E-state index contributed by atoms with van der Waals surface area (Å²) in [5.41, 5.74) is 3.46. The summed E-state index contributed by atoms with van der Waals surface area (Å²) in [5.74, 6) is 0.0540. The molecule has 1 atom stereocenters. The molecule has 1 unspecified atom stereocenters. The Morgan fingerprint density at radius 2 is 1.86 bits per heavy atom. The summed E-state index contributed by atoms with van der Waals surface area (Å²) < 4.78 is 0. The Hall–Kier alpha value is -2.42. The van der Waals surface area contributed by atoms with Crippen LogP contribution in [-0.2, 0) is 9.59 Å². The minimum Gasteiger partial charge on any atom is -0.326 e. The molecule has 1 aromatic carbocycles. The van der Waals surface area contributed by atoms with Gasteiger partial charge in [-0.2, -0.15) is 0 Å². The fourth-order valence-corrected chi connectivity index (χ4v) is 2.57. The monoisotopic (exact) mass is 295 g/mol. The van der Waals surface area contributed by atoms with Gasteiger partial charge in [0.05, 0.1) is 0 Å². The van der Waals surface area contributed by atoms with Crippen molar-refractivity contribution < 1.29 is 9.59 Å². The number of rotatable bonds is 5. The molecule has 1 aliphatic carbocycles. The van der Waals surface area contributed by atoms with E-state index in [2.05, 4.69) is 11.9 Å². The van der Waals surface area contributed by atoms with Crippen LogP contribution in [0.15, 0.2) is 59.8 Å². The van der Waals surface area contributed by atoms with E-state index in [1.54, 1.807) is 13.0 Å². The van der Waals surface area contributed by atoms with Crippen molar-refractivity contribution in [1.29, 1.82) is 0 Å². The van der Waals surface area contributed by atoms with Crippen LogP contribution in [0.1, 0.15) is 32.3 Å². The van der Waals surface area contributed by atoms with Crippen molar-refractivity contribution in [2.24, 2.45) is 5.92 Å². The molecule has 0 saturated carbocycles. The van der Waals surface area contributed by atoms with Gasteiger partial charge in [-0.1, -0.05) is 42.5 Å². The molecule has 1 N–H and O–H groups in total. The van der Waals surface area contributed by atoms with Gasteiger partial charge < -0.3 is 5.32 Å². The number of carbonyl (C=O) groups excluding carboxylic acids is 2. The van der Waals surface area contributed by atoms with Gasteiger partial charge >= 0.3 is 0 Å². The first-order valence-corrected chi connectivity index (χ1v) is 7.40. The molecule has 0 fully saturated rings. The Labute approximate surface area is 131 Å². The Morgan fingerprint density at radius 1 is 1.18 bits per heavy atom. The first-order chi connectivity index (χ1) is 10.5. The smallest absolute Gasteiger partial charge is 0.248 e. The van der Waals surface area contributed by atoms with Crippen molar-refractivity contribution in [3.05, 3.63) is 65.4 Å². The molecular weight excluding hydrogens is 274 g/mol. The Balaban J connectivity index is 2.06. The highest BCUT2D eigenvalue weighted by atomic mass is 16.1. The maximum Gasteiger partial charge on any atom is 0.248 e. The number of benzene rings is 1. The van der Waals surface area contributed by atoms with Crippen molar-refractivity contribution in [3.63, 3.8) is 0 Å². The third kappa shape index (κ3) is 4.04. The average Bonchev–Trinajstić information content (AvgIpc) is 2.90. The molecule has 0 aromatic heterocycles. The molecule has 1 aromatic rings. The van der Waals surface area contributed by atoms with Gasteiger partial charge in [0.15, 0.2) is 5.78 Å². The summed E-state index contributed by atoms with van der Waals surface area (Å²) in [6.45, 7) is 7.46. The van der Waals surface area contributed by atoms with E-state index in [1.165, 1.54) is 6.08 Å². The standard InChI is InChI=1S/C19H21NO2/c1-13(2)16-11-17(14(3)21)18(12-16)20-19(22)10-9-15-7-5-4-6-8-15/h4-10,16H,1,11-12H2,2-3H3,(H,20,22). The zero-order valence-electron chi connectivity index (χ0n) is 13.1. The third-order valence-electron chi connectivity index (χ3n) is 3.89. The second kappa shape index (κ2) is 7.03. The molecule has 3 nitrogen and oxygen atoms in total. The summed E-state index contributed by atoms with van der Waals surface area (Å²) >= 11 is 0. The summed E-state index contributed by atoms with van der Waals surface area (Å²) in [6.07, 6.45) is 4.60. The number of Topliss-reactive ketones (excluding diaryl/α,β-unsaturated/α-hetero) is 1. The molecule has 0 heterocycles. The number of ketones is 1. The largest absolute Gasteiger partial charge is 0.326 e. The molecule has 0 aliphatic heterocycles. The highest BCUT2D eigenvalue weighted by Crippen LogP contribution is 2.34. The molecule has 3 heteroatoms. The predicted molar refractivity (Wildman–Crippen MR) is 88.9 cm³/mol. The molecule has 0 bridgehead atoms. The second-order valence-electron chi connectivity index (χ2n) is 5.70. The minimum absolute atomic E-state index is 0.0195. The maximum atomic E-state index is 12.1. The van der Waals surface area contributed by atoms with E-state index < -0.39 is 0 Å². The van der Waals surface area contributed by atoms with Crippen molar-refractivity contribution in [3.8, 4) is 0 Å². The number of carbonyl (C=O) groups is 2. The van der Waals surface area contributed by atoms with Gasteiger partial charge in [-0.3, -0.25) is 9.59 Å². The number of nitrogens with one attached hydrogen (secondary N) is 1. The van der Waals surface area contributed by atoms with Crippen molar-refractivity contribution >= 4 is 17.8 Å². The normalized spacial score (nSPS) is 17.8. The zero-order valence-corrected chi connectivity index (χ0v) is 13.1. The highest BCUT2D eigenvalue weighted by molar-refractivity contribution is 5.97. The van der Waals surface area contributed by atoms with Gasteiger partial charge in [0, 0.05) is 17.3 Å². The molecule has 0 radical (unpaired) electrons. The van der Waals surface area contributed by atoms with Gasteiger partial charge in [-0.25, -0.2) is 0 Å². The molecule has 0 saturated heterocycles. The lowest BCUT2D eigenvalue weighted by atomic mass is 9.97. The third-order valence-corrected chi connectivity index (χ3v) is 3.89. The van der Waals surface area contributed by atoms with Gasteiger partial charge in [-0.15, -0.1) is 0 Å². The number of hydrogen-bond donors (Lipinski definition) is 1. The molecule has 0 spiro atoms. The van der Waals surface area contributed by atoms with Crippen molar-refractivity contribution in [2.75, 3.05) is 0 Å². The average molecular weight is 295 g/mol. The van der Waals surface area contributed by atoms with Crippen LogP contribution in [0, 0.1) is 5.92 Å². The van der Waals surface area contributed by atoms with Gasteiger partial charge in [0.2, 0.25) is 5.91 Å². The van der Waals surface area contributed by atoms with Gasteiger partial charge in [-0.05, 0) is 44.2 Å². The summed E-state index contributed by atoms with van der Waals surface area (Å²) in [5, 5.41) is 2.86. The number of allylic oxidation sites excluding steroid dienone is 3. The van der Waals surface area contributed by atoms with Crippen molar-refractivity contribution in [2.45, 2.75) is 26.7 Å². The minimum atomic E-state index is -0.208. The summed E-state index contributed by atoms with van der Waals surface area (Å²) in [7, 11) is 0. The molecule has 2 rings (SSSR count). The zero-order chi connectivity index (χ0) is 16.1. The van der Waals surface area contributed by atoms with Crippen LogP contribution in [0.2, 0.25) is 0 Å². The van der Waals surface area contributed by atoms with E-state index >= 15 is 0 Å². The lowest BCUT2D eigenvalue weighted by Gasteiger charge is -2.09. The topological polar surface area (TPSA) is 46.2 Å². The Bertz CT molecular complexity index is 653. The van der Waals surface area contributed by atoms with E-state index in [0.717, 1.165) is 22.4 Å². The van der Waals surface area contributed by atoms with E-state index in [4.69, 9.17) is 0 Å². The maximum absolute atomic E-state index is 12.1. The van der Waals surface area contributed by atoms with Crippen LogP contribution in [0.4, 0.5) is 0 Å². The van der Waals surface area contributed by atoms with Crippen LogP contribution in [0.25, 0.3) is 6.08 Å². The fraction of sp³-hybridized carbons (Fsp3) is 0.263.